The van der Waals surface area contributed by atoms with Gasteiger partial charge in [0.25, 0.3) is 0 Å². The van der Waals surface area contributed by atoms with Gasteiger partial charge in [0.15, 0.2) is 6.54 Å². The molecule has 0 saturated heterocycles. The number of hydrogen-bond acceptors (Lipinski definition) is 3. The van der Waals surface area contributed by atoms with Gasteiger partial charge in [0.05, 0.1) is 6.20 Å². The molecule has 1 rings (SSSR count). The highest BCUT2D eigenvalue weighted by molar-refractivity contribution is 5.90. The number of amidine groups is 1. The van der Waals surface area contributed by atoms with Gasteiger partial charge in [0.2, 0.25) is 5.84 Å². The van der Waals surface area contributed by atoms with Crippen LogP contribution >= 0.6 is 0 Å². The van der Waals surface area contributed by atoms with Crippen molar-refractivity contribution in [1.82, 2.24) is 0 Å². The summed E-state index contributed by atoms with van der Waals surface area (Å²) in [5.74, 6) is -0.151. The van der Waals surface area contributed by atoms with E-state index in [0.29, 0.717) is 0 Å². The van der Waals surface area contributed by atoms with Crippen molar-refractivity contribution >= 4 is 11.8 Å². The van der Waals surface area contributed by atoms with E-state index in [0.717, 1.165) is 12.3 Å². The van der Waals surface area contributed by atoms with E-state index >= 15 is 0 Å². The van der Waals surface area contributed by atoms with Crippen LogP contribution in [0.25, 0.3) is 0 Å². The first-order valence-corrected chi connectivity index (χ1v) is 11.3. The van der Waals surface area contributed by atoms with Crippen LogP contribution in [0.3, 0.4) is 0 Å². The molecule has 0 aliphatic carbocycles. The van der Waals surface area contributed by atoms with Gasteiger partial charge in [-0.1, -0.05) is 83.6 Å². The number of nitrogens with zero attached hydrogens (tertiary/aromatic N) is 2. The van der Waals surface area contributed by atoms with Crippen LogP contribution in [0, 0.1) is 0 Å². The average Bonchev–Trinajstić information content (AvgIpc) is 3.05. The maximum absolute atomic E-state index is 11.2. The van der Waals surface area contributed by atoms with Gasteiger partial charge in [-0.3, -0.25) is 5.73 Å². The molecule has 5 nitrogen and oxygen atoms in total. The van der Waals surface area contributed by atoms with Crippen LogP contribution in [0.2, 0.25) is 0 Å². The lowest BCUT2D eigenvalue weighted by atomic mass is 10.0. The highest BCUT2D eigenvalue weighted by Gasteiger charge is 2.39. The monoisotopic (exact) mass is 392 g/mol. The smallest absolute Gasteiger partial charge is 0.360 e. The maximum Gasteiger partial charge on any atom is 0.360 e. The summed E-state index contributed by atoms with van der Waals surface area (Å²) < 4.78 is 0.0876. The van der Waals surface area contributed by atoms with E-state index in [4.69, 9.17) is 5.73 Å². The van der Waals surface area contributed by atoms with Gasteiger partial charge in [-0.05, 0) is 12.8 Å². The molecule has 0 saturated carbocycles. The molecular formula is C23H42N3O2+. The second kappa shape index (κ2) is 14.5. The molecule has 1 heterocycles. The third kappa shape index (κ3) is 9.16. The lowest BCUT2D eigenvalue weighted by molar-refractivity contribution is -0.803. The Bertz CT molecular complexity index is 526. The normalized spacial score (nSPS) is 20.0. The summed E-state index contributed by atoms with van der Waals surface area (Å²) in [6.45, 7) is 4.02. The van der Waals surface area contributed by atoms with Gasteiger partial charge in [0, 0.05) is 13.0 Å². The molecule has 0 amide bonds. The first-order valence-electron chi connectivity index (χ1n) is 11.3. The Kier molecular flexibility index (Phi) is 12.8. The van der Waals surface area contributed by atoms with Crippen LogP contribution in [0.4, 0.5) is 0 Å². The number of allylic oxidation sites excluding steroid dienone is 1. The summed E-state index contributed by atoms with van der Waals surface area (Å²) in [6, 6.07) is 0. The van der Waals surface area contributed by atoms with Crippen LogP contribution in [0.1, 0.15) is 97.3 Å². The Balaban J connectivity index is 2.11. The number of unbranched alkanes of at least 4 members (excludes halogenated alkanes) is 12. The van der Waals surface area contributed by atoms with E-state index in [1.54, 1.807) is 12.4 Å². The Labute approximate surface area is 172 Å². The molecular weight excluding hydrogens is 350 g/mol. The molecule has 0 aromatic heterocycles. The molecule has 0 spiro atoms. The summed E-state index contributed by atoms with van der Waals surface area (Å²) >= 11 is 0. The van der Waals surface area contributed by atoms with Crippen molar-refractivity contribution in [2.75, 3.05) is 6.54 Å². The van der Waals surface area contributed by atoms with Gasteiger partial charge >= 0.3 is 5.97 Å². The lowest BCUT2D eigenvalue weighted by Crippen LogP contribution is -2.58. The summed E-state index contributed by atoms with van der Waals surface area (Å²) in [6.07, 6.45) is 24.4. The Morgan fingerprint density at radius 1 is 1.07 bits per heavy atom. The SMILES string of the molecule is CCCCCCCCCCCCCC/C=C/C1=NC=C[N+]1(CC(=O)O)C(C)N. The number of quaternary nitrogens is 1. The largest absolute Gasteiger partial charge is 0.477 e. The van der Waals surface area contributed by atoms with Crippen molar-refractivity contribution in [2.24, 2.45) is 10.7 Å². The van der Waals surface area contributed by atoms with Gasteiger partial charge in [0.1, 0.15) is 12.4 Å². The van der Waals surface area contributed by atoms with Crippen LogP contribution in [0.5, 0.6) is 0 Å². The predicted molar refractivity (Wildman–Crippen MR) is 118 cm³/mol. The number of carboxylic acid groups (broad SMARTS) is 1. The fraction of sp³-hybridized carbons (Fsp3) is 0.739. The van der Waals surface area contributed by atoms with E-state index in [2.05, 4.69) is 18.0 Å². The van der Waals surface area contributed by atoms with Crippen LogP contribution in [-0.2, 0) is 4.79 Å². The molecule has 5 heteroatoms. The van der Waals surface area contributed by atoms with E-state index < -0.39 is 5.97 Å². The van der Waals surface area contributed by atoms with Crippen LogP contribution in [0.15, 0.2) is 29.5 Å². The Morgan fingerprint density at radius 3 is 2.11 bits per heavy atom. The van der Waals surface area contributed by atoms with E-state index in [9.17, 15) is 9.90 Å². The summed E-state index contributed by atoms with van der Waals surface area (Å²) in [5, 5.41) is 9.22. The molecule has 0 bridgehead atoms. The molecule has 0 radical (unpaired) electrons. The molecule has 1 aliphatic rings. The standard InChI is InChI=1S/C23H41N3O2/c1-3-4-5-6-7-8-9-10-11-12-13-14-15-16-17-22-25-18-19-26(22,21(2)24)20-23(27)28/h16-19,21H,3-15,20,24H2,1-2H3/p+1/b17-16+. The second-order valence-corrected chi connectivity index (χ2v) is 8.09. The lowest BCUT2D eigenvalue weighted by Gasteiger charge is -2.33. The molecule has 160 valence electrons. The zero-order chi connectivity index (χ0) is 20.7. The zero-order valence-electron chi connectivity index (χ0n) is 18.1. The summed E-state index contributed by atoms with van der Waals surface area (Å²) in [5.41, 5.74) is 6.06. The van der Waals surface area contributed by atoms with Crippen molar-refractivity contribution in [3.05, 3.63) is 24.6 Å². The number of aliphatic carboxylic acids is 1. The highest BCUT2D eigenvalue weighted by Crippen LogP contribution is 2.21. The maximum atomic E-state index is 11.2. The minimum Gasteiger partial charge on any atom is -0.477 e. The average molecular weight is 393 g/mol. The van der Waals surface area contributed by atoms with Crippen LogP contribution in [-0.4, -0.2) is 34.1 Å². The summed E-state index contributed by atoms with van der Waals surface area (Å²) in [7, 11) is 0. The minimum absolute atomic E-state index is 0.0735. The van der Waals surface area contributed by atoms with Gasteiger partial charge in [-0.25, -0.2) is 9.28 Å². The molecule has 0 fully saturated rings. The van der Waals surface area contributed by atoms with Gasteiger partial charge < -0.3 is 5.11 Å². The first kappa shape index (κ1) is 24.6. The van der Waals surface area contributed by atoms with E-state index in [1.165, 1.54) is 77.0 Å². The fourth-order valence-electron chi connectivity index (χ4n) is 3.73. The molecule has 2 unspecified atom stereocenters. The Hall–Kier alpha value is -1.46. The molecule has 3 N–H and O–H groups in total. The van der Waals surface area contributed by atoms with Crippen molar-refractivity contribution in [3.8, 4) is 0 Å². The fourth-order valence-corrected chi connectivity index (χ4v) is 3.73. The number of nitrogens with two attached hydrogens (primary N) is 1. The highest BCUT2D eigenvalue weighted by atomic mass is 16.4. The third-order valence-corrected chi connectivity index (χ3v) is 5.58. The predicted octanol–water partition coefficient (Wildman–Crippen LogP) is 5.72. The van der Waals surface area contributed by atoms with Crippen molar-refractivity contribution in [3.63, 3.8) is 0 Å². The molecule has 2 atom stereocenters. The quantitative estimate of drug-likeness (QED) is 0.245. The number of hydrogen-bond donors (Lipinski definition) is 2. The third-order valence-electron chi connectivity index (χ3n) is 5.58. The zero-order valence-corrected chi connectivity index (χ0v) is 18.1. The Morgan fingerprint density at radius 2 is 1.61 bits per heavy atom. The number of carboxylic acids is 1. The van der Waals surface area contributed by atoms with E-state index in [1.807, 2.05) is 13.0 Å². The van der Waals surface area contributed by atoms with Crippen LogP contribution < -0.4 is 5.73 Å². The first-order chi connectivity index (χ1) is 13.5. The number of carbonyl (C=O) groups is 1. The number of rotatable bonds is 17. The topological polar surface area (TPSA) is 75.7 Å². The molecule has 1 aliphatic heterocycles. The molecule has 28 heavy (non-hydrogen) atoms. The van der Waals surface area contributed by atoms with E-state index in [-0.39, 0.29) is 17.2 Å². The van der Waals surface area contributed by atoms with Gasteiger partial charge in [-0.2, -0.15) is 4.99 Å². The van der Waals surface area contributed by atoms with Crippen molar-refractivity contribution in [1.29, 1.82) is 0 Å². The minimum atomic E-state index is -0.870. The summed E-state index contributed by atoms with van der Waals surface area (Å²) in [4.78, 5) is 15.6. The van der Waals surface area contributed by atoms with Gasteiger partial charge in [-0.15, -0.1) is 0 Å². The van der Waals surface area contributed by atoms with Crippen molar-refractivity contribution in [2.45, 2.75) is 103 Å². The second-order valence-electron chi connectivity index (χ2n) is 8.09. The number of aliphatic imine (C=N–C) groups is 1. The molecule has 0 aromatic carbocycles. The molecule has 0 aromatic rings. The van der Waals surface area contributed by atoms with Crippen molar-refractivity contribution < 1.29 is 14.4 Å².